The van der Waals surface area contributed by atoms with Gasteiger partial charge in [-0.3, -0.25) is 4.79 Å². The molecule has 0 radical (unpaired) electrons. The number of rotatable bonds is 7. The highest BCUT2D eigenvalue weighted by molar-refractivity contribution is 5.94. The smallest absolute Gasteiger partial charge is 0.231 e. The molecule has 3 rings (SSSR count). The van der Waals surface area contributed by atoms with Gasteiger partial charge >= 0.3 is 0 Å². The second kappa shape index (κ2) is 7.94. The fraction of sp³-hybridized carbons (Fsp3) is 0.316. The predicted molar refractivity (Wildman–Crippen MR) is 100 cm³/mol. The molecule has 1 aliphatic heterocycles. The number of hydrogen-bond donors (Lipinski definition) is 2. The standard InChI is InChI=1S/C19H22N2O6/c1-23-16-6-11(7-17(24-2)19(16)25-3)4-5-18(22)21-13-9-15-14(8-12(13)20)26-10-27-15/h6-9H,4-5,10,20H2,1-3H3,(H,21,22). The van der Waals surface area contributed by atoms with E-state index in [0.29, 0.717) is 46.5 Å². The molecule has 144 valence electrons. The molecule has 3 N–H and O–H groups in total. The minimum absolute atomic E-state index is 0.146. The van der Waals surface area contributed by atoms with Gasteiger partial charge in [0.25, 0.3) is 0 Å². The summed E-state index contributed by atoms with van der Waals surface area (Å²) >= 11 is 0. The summed E-state index contributed by atoms with van der Waals surface area (Å²) in [5.41, 5.74) is 7.76. The first-order valence-electron chi connectivity index (χ1n) is 8.33. The average molecular weight is 374 g/mol. The first kappa shape index (κ1) is 18.5. The Hall–Kier alpha value is -3.29. The predicted octanol–water partition coefficient (Wildman–Crippen LogP) is 2.59. The van der Waals surface area contributed by atoms with E-state index in [1.54, 1.807) is 33.5 Å². The van der Waals surface area contributed by atoms with Gasteiger partial charge in [-0.15, -0.1) is 0 Å². The summed E-state index contributed by atoms with van der Waals surface area (Å²) in [5.74, 6) is 2.57. The highest BCUT2D eigenvalue weighted by Gasteiger charge is 2.18. The third kappa shape index (κ3) is 3.94. The van der Waals surface area contributed by atoms with Gasteiger partial charge < -0.3 is 34.7 Å². The van der Waals surface area contributed by atoms with Crippen LogP contribution in [-0.4, -0.2) is 34.0 Å². The third-order valence-electron chi connectivity index (χ3n) is 4.18. The molecule has 0 atom stereocenters. The average Bonchev–Trinajstić information content (AvgIpc) is 3.12. The minimum Gasteiger partial charge on any atom is -0.493 e. The van der Waals surface area contributed by atoms with Crippen LogP contribution in [0.1, 0.15) is 12.0 Å². The van der Waals surface area contributed by atoms with Crippen molar-refractivity contribution in [2.45, 2.75) is 12.8 Å². The lowest BCUT2D eigenvalue weighted by Crippen LogP contribution is -2.13. The van der Waals surface area contributed by atoms with Gasteiger partial charge in [0.15, 0.2) is 23.0 Å². The Morgan fingerprint density at radius 2 is 1.67 bits per heavy atom. The zero-order valence-corrected chi connectivity index (χ0v) is 15.5. The van der Waals surface area contributed by atoms with Gasteiger partial charge in [0, 0.05) is 18.6 Å². The molecule has 8 nitrogen and oxygen atoms in total. The molecule has 0 unspecified atom stereocenters. The third-order valence-corrected chi connectivity index (χ3v) is 4.18. The van der Waals surface area contributed by atoms with E-state index >= 15 is 0 Å². The largest absolute Gasteiger partial charge is 0.493 e. The minimum atomic E-state index is -0.172. The van der Waals surface area contributed by atoms with E-state index in [1.165, 1.54) is 0 Å². The summed E-state index contributed by atoms with van der Waals surface area (Å²) in [6.07, 6.45) is 0.750. The molecule has 0 spiro atoms. The van der Waals surface area contributed by atoms with E-state index in [9.17, 15) is 4.79 Å². The molecule has 1 amide bonds. The van der Waals surface area contributed by atoms with Crippen LogP contribution >= 0.6 is 0 Å². The van der Waals surface area contributed by atoms with Crippen LogP contribution in [0.4, 0.5) is 11.4 Å². The number of methoxy groups -OCH3 is 3. The van der Waals surface area contributed by atoms with E-state index in [0.717, 1.165) is 5.56 Å². The second-order valence-electron chi connectivity index (χ2n) is 5.87. The van der Waals surface area contributed by atoms with Gasteiger partial charge in [0.2, 0.25) is 18.4 Å². The normalized spacial score (nSPS) is 11.8. The fourth-order valence-electron chi connectivity index (χ4n) is 2.82. The monoisotopic (exact) mass is 374 g/mol. The van der Waals surface area contributed by atoms with Gasteiger partial charge in [-0.25, -0.2) is 0 Å². The number of carbonyl (C=O) groups excluding carboxylic acids is 1. The number of nitrogens with two attached hydrogens (primary N) is 1. The summed E-state index contributed by atoms with van der Waals surface area (Å²) in [4.78, 5) is 12.3. The van der Waals surface area contributed by atoms with Gasteiger partial charge in [-0.1, -0.05) is 0 Å². The highest BCUT2D eigenvalue weighted by atomic mass is 16.7. The van der Waals surface area contributed by atoms with Crippen molar-refractivity contribution in [1.82, 2.24) is 0 Å². The number of fused-ring (bicyclic) bond motifs is 1. The van der Waals surface area contributed by atoms with Crippen molar-refractivity contribution in [3.05, 3.63) is 29.8 Å². The number of aryl methyl sites for hydroxylation is 1. The summed E-state index contributed by atoms with van der Waals surface area (Å²) in [5, 5.41) is 2.80. The molecule has 2 aromatic carbocycles. The SMILES string of the molecule is COc1cc(CCC(=O)Nc2cc3c(cc2N)OCO3)cc(OC)c1OC. The number of benzene rings is 2. The van der Waals surface area contributed by atoms with Gasteiger partial charge in [-0.2, -0.15) is 0 Å². The lowest BCUT2D eigenvalue weighted by Gasteiger charge is -2.14. The lowest BCUT2D eigenvalue weighted by molar-refractivity contribution is -0.116. The Balaban J connectivity index is 1.68. The fourth-order valence-corrected chi connectivity index (χ4v) is 2.82. The van der Waals surface area contributed by atoms with Crippen LogP contribution in [0.5, 0.6) is 28.7 Å². The molecule has 1 aliphatic rings. The highest BCUT2D eigenvalue weighted by Crippen LogP contribution is 2.39. The number of hydrogen-bond acceptors (Lipinski definition) is 7. The summed E-state index contributed by atoms with van der Waals surface area (Å²) < 4.78 is 26.5. The van der Waals surface area contributed by atoms with Crippen LogP contribution in [-0.2, 0) is 11.2 Å². The molecule has 0 saturated carbocycles. The van der Waals surface area contributed by atoms with E-state index in [-0.39, 0.29) is 19.1 Å². The van der Waals surface area contributed by atoms with E-state index < -0.39 is 0 Å². The first-order chi connectivity index (χ1) is 13.0. The molecule has 0 aliphatic carbocycles. The van der Waals surface area contributed by atoms with Crippen molar-refractivity contribution < 1.29 is 28.5 Å². The summed E-state index contributed by atoms with van der Waals surface area (Å²) in [7, 11) is 4.65. The lowest BCUT2D eigenvalue weighted by atomic mass is 10.1. The Morgan fingerprint density at radius 3 is 2.26 bits per heavy atom. The molecule has 8 heteroatoms. The molecular formula is C19H22N2O6. The van der Waals surface area contributed by atoms with Gasteiger partial charge in [0.05, 0.1) is 32.7 Å². The Morgan fingerprint density at radius 1 is 1.04 bits per heavy atom. The quantitative estimate of drug-likeness (QED) is 0.718. The van der Waals surface area contributed by atoms with Crippen LogP contribution in [0.3, 0.4) is 0 Å². The number of nitrogen functional groups attached to an aromatic ring is 1. The van der Waals surface area contributed by atoms with Crippen molar-refractivity contribution in [2.24, 2.45) is 0 Å². The van der Waals surface area contributed by atoms with Crippen molar-refractivity contribution in [3.8, 4) is 28.7 Å². The maximum Gasteiger partial charge on any atom is 0.231 e. The zero-order chi connectivity index (χ0) is 19.4. The molecule has 0 saturated heterocycles. The van der Waals surface area contributed by atoms with Crippen LogP contribution < -0.4 is 34.7 Å². The number of anilines is 2. The molecule has 0 bridgehead atoms. The summed E-state index contributed by atoms with van der Waals surface area (Å²) in [6, 6.07) is 6.94. The van der Waals surface area contributed by atoms with Crippen LogP contribution in [0.15, 0.2) is 24.3 Å². The van der Waals surface area contributed by atoms with Crippen molar-refractivity contribution in [1.29, 1.82) is 0 Å². The maximum atomic E-state index is 12.3. The van der Waals surface area contributed by atoms with E-state index in [4.69, 9.17) is 29.4 Å². The van der Waals surface area contributed by atoms with Crippen molar-refractivity contribution in [3.63, 3.8) is 0 Å². The maximum absolute atomic E-state index is 12.3. The number of amides is 1. The van der Waals surface area contributed by atoms with Crippen LogP contribution in [0, 0.1) is 0 Å². The molecule has 0 fully saturated rings. The molecule has 0 aromatic heterocycles. The Bertz CT molecular complexity index is 827. The molecule has 27 heavy (non-hydrogen) atoms. The van der Waals surface area contributed by atoms with Crippen molar-refractivity contribution >= 4 is 17.3 Å². The molecule has 1 heterocycles. The topological polar surface area (TPSA) is 101 Å². The Labute approximate surface area is 157 Å². The summed E-state index contributed by atoms with van der Waals surface area (Å²) in [6.45, 7) is 0.146. The van der Waals surface area contributed by atoms with E-state index in [1.807, 2.05) is 12.1 Å². The van der Waals surface area contributed by atoms with E-state index in [2.05, 4.69) is 5.32 Å². The number of ether oxygens (including phenoxy) is 5. The van der Waals surface area contributed by atoms with Crippen LogP contribution in [0.25, 0.3) is 0 Å². The zero-order valence-electron chi connectivity index (χ0n) is 15.5. The second-order valence-corrected chi connectivity index (χ2v) is 5.87. The molecular weight excluding hydrogens is 352 g/mol. The Kier molecular flexibility index (Phi) is 5.44. The van der Waals surface area contributed by atoms with Crippen LogP contribution in [0.2, 0.25) is 0 Å². The number of carbonyl (C=O) groups is 1. The first-order valence-corrected chi connectivity index (χ1v) is 8.33. The van der Waals surface area contributed by atoms with Gasteiger partial charge in [-0.05, 0) is 24.1 Å². The van der Waals surface area contributed by atoms with Crippen molar-refractivity contribution in [2.75, 3.05) is 39.2 Å². The van der Waals surface area contributed by atoms with Gasteiger partial charge in [0.1, 0.15) is 0 Å². The number of nitrogens with one attached hydrogen (secondary N) is 1. The molecule has 2 aromatic rings.